The molecule has 0 aliphatic carbocycles. The summed E-state index contributed by atoms with van der Waals surface area (Å²) in [6, 6.07) is 3.24. The molecule has 1 N–H and O–H groups in total. The van der Waals surface area contributed by atoms with Gasteiger partial charge in [-0.3, -0.25) is 0 Å². The number of carbonyl (C=O) groups is 1. The third-order valence-electron chi connectivity index (χ3n) is 2.54. The third kappa shape index (κ3) is 3.51. The molecule has 0 aromatic heterocycles. The summed E-state index contributed by atoms with van der Waals surface area (Å²) in [4.78, 5) is 13.5. The molecular weight excluding hydrogens is 259 g/mol. The molecule has 0 unspecified atom stereocenters. The lowest BCUT2D eigenvalue weighted by atomic mass is 10.2. The normalized spacial score (nSPS) is 10.2. The molecule has 0 fully saturated rings. The number of nitrogens with zero attached hydrogens (tertiary/aromatic N) is 1. The van der Waals surface area contributed by atoms with Gasteiger partial charge in [0, 0.05) is 18.1 Å². The highest BCUT2D eigenvalue weighted by molar-refractivity contribution is 6.36. The number of hydrogen-bond donors (Lipinski definition) is 1. The molecule has 1 rings (SSSR count). The van der Waals surface area contributed by atoms with Crippen molar-refractivity contribution in [1.82, 2.24) is 4.90 Å². The highest BCUT2D eigenvalue weighted by atomic mass is 35.5. The largest absolute Gasteiger partial charge is 0.325 e. The molecule has 0 spiro atoms. The Bertz CT molecular complexity index is 417. The number of hydrogen-bond acceptors (Lipinski definition) is 1. The van der Waals surface area contributed by atoms with Crippen molar-refractivity contribution < 1.29 is 4.79 Å². The Kier molecular flexibility index (Phi) is 5.09. The summed E-state index contributed by atoms with van der Waals surface area (Å²) in [6.07, 6.45) is 0. The summed E-state index contributed by atoms with van der Waals surface area (Å²) in [6.45, 7) is 7.02. The van der Waals surface area contributed by atoms with Crippen molar-refractivity contribution in [2.45, 2.75) is 20.8 Å². The van der Waals surface area contributed by atoms with Gasteiger partial charge >= 0.3 is 6.03 Å². The molecule has 94 valence electrons. The SMILES string of the molecule is CCN(CC)C(=O)Nc1cc(Cl)c(C)cc1Cl. The molecule has 0 saturated carbocycles. The first-order valence-corrected chi connectivity index (χ1v) is 6.26. The van der Waals surface area contributed by atoms with Crippen molar-refractivity contribution >= 4 is 34.9 Å². The Hall–Kier alpha value is -0.930. The first-order chi connectivity index (χ1) is 7.99. The molecule has 0 bridgehead atoms. The maximum atomic E-state index is 11.8. The Labute approximate surface area is 112 Å². The second-order valence-corrected chi connectivity index (χ2v) is 4.50. The van der Waals surface area contributed by atoms with Gasteiger partial charge in [-0.1, -0.05) is 23.2 Å². The van der Waals surface area contributed by atoms with Crippen LogP contribution in [-0.4, -0.2) is 24.0 Å². The van der Waals surface area contributed by atoms with Gasteiger partial charge in [0.05, 0.1) is 10.7 Å². The minimum absolute atomic E-state index is 0.170. The van der Waals surface area contributed by atoms with Crippen molar-refractivity contribution in [1.29, 1.82) is 0 Å². The summed E-state index contributed by atoms with van der Waals surface area (Å²) in [5, 5.41) is 3.83. The van der Waals surface area contributed by atoms with Crippen LogP contribution in [0.5, 0.6) is 0 Å². The standard InChI is InChI=1S/C12H16Cl2N2O/c1-4-16(5-2)12(17)15-11-7-9(13)8(3)6-10(11)14/h6-7H,4-5H2,1-3H3,(H,15,17). The Morgan fingerprint density at radius 1 is 1.24 bits per heavy atom. The predicted octanol–water partition coefficient (Wildman–Crippen LogP) is 4.18. The van der Waals surface area contributed by atoms with Gasteiger partial charge in [-0.25, -0.2) is 4.79 Å². The van der Waals surface area contributed by atoms with Gasteiger partial charge in [-0.05, 0) is 38.5 Å². The number of rotatable bonds is 3. The van der Waals surface area contributed by atoms with Crippen LogP contribution in [0, 0.1) is 6.92 Å². The van der Waals surface area contributed by atoms with Gasteiger partial charge < -0.3 is 10.2 Å². The first kappa shape index (κ1) is 14.1. The van der Waals surface area contributed by atoms with E-state index in [2.05, 4.69) is 5.32 Å². The van der Waals surface area contributed by atoms with Crippen molar-refractivity contribution in [2.75, 3.05) is 18.4 Å². The molecule has 0 radical (unpaired) electrons. The van der Waals surface area contributed by atoms with Gasteiger partial charge in [-0.15, -0.1) is 0 Å². The van der Waals surface area contributed by atoms with Crippen molar-refractivity contribution in [3.05, 3.63) is 27.7 Å². The lowest BCUT2D eigenvalue weighted by Gasteiger charge is -2.20. The Balaban J connectivity index is 2.88. The second-order valence-electron chi connectivity index (χ2n) is 3.68. The fourth-order valence-electron chi connectivity index (χ4n) is 1.45. The highest BCUT2D eigenvalue weighted by Crippen LogP contribution is 2.28. The quantitative estimate of drug-likeness (QED) is 0.881. The number of nitrogens with one attached hydrogen (secondary N) is 1. The monoisotopic (exact) mass is 274 g/mol. The van der Waals surface area contributed by atoms with E-state index in [-0.39, 0.29) is 6.03 Å². The van der Waals surface area contributed by atoms with Crippen molar-refractivity contribution in [2.24, 2.45) is 0 Å². The number of benzene rings is 1. The fourth-order valence-corrected chi connectivity index (χ4v) is 1.88. The minimum atomic E-state index is -0.170. The van der Waals surface area contributed by atoms with Crippen LogP contribution >= 0.6 is 23.2 Å². The molecule has 1 aromatic carbocycles. The number of carbonyl (C=O) groups excluding carboxylic acids is 1. The number of aryl methyl sites for hydroxylation is 1. The van der Waals surface area contributed by atoms with Gasteiger partial charge in [-0.2, -0.15) is 0 Å². The van der Waals surface area contributed by atoms with Crippen LogP contribution in [0.15, 0.2) is 12.1 Å². The molecule has 0 aliphatic heterocycles. The molecule has 1 aromatic rings. The number of anilines is 1. The molecule has 0 aliphatic rings. The summed E-state index contributed by atoms with van der Waals surface area (Å²) in [5.74, 6) is 0. The first-order valence-electron chi connectivity index (χ1n) is 5.51. The molecule has 0 atom stereocenters. The van der Waals surface area contributed by atoms with Crippen molar-refractivity contribution in [3.8, 4) is 0 Å². The Morgan fingerprint density at radius 3 is 2.35 bits per heavy atom. The molecule has 0 heterocycles. The van der Waals surface area contributed by atoms with E-state index in [4.69, 9.17) is 23.2 Å². The third-order valence-corrected chi connectivity index (χ3v) is 3.26. The lowest BCUT2D eigenvalue weighted by Crippen LogP contribution is -2.34. The molecule has 5 heteroatoms. The van der Waals surface area contributed by atoms with E-state index in [0.717, 1.165) is 5.56 Å². The highest BCUT2D eigenvalue weighted by Gasteiger charge is 2.12. The van der Waals surface area contributed by atoms with Gasteiger partial charge in [0.25, 0.3) is 0 Å². The van der Waals surface area contributed by atoms with E-state index < -0.39 is 0 Å². The fraction of sp³-hybridized carbons (Fsp3) is 0.417. The predicted molar refractivity (Wildman–Crippen MR) is 73.1 cm³/mol. The number of urea groups is 1. The lowest BCUT2D eigenvalue weighted by molar-refractivity contribution is 0.217. The molecule has 17 heavy (non-hydrogen) atoms. The van der Waals surface area contributed by atoms with Gasteiger partial charge in [0.1, 0.15) is 0 Å². The minimum Gasteiger partial charge on any atom is -0.325 e. The maximum absolute atomic E-state index is 11.8. The second kappa shape index (κ2) is 6.12. The summed E-state index contributed by atoms with van der Waals surface area (Å²) < 4.78 is 0. The number of halogens is 2. The van der Waals surface area contributed by atoms with Crippen LogP contribution in [0.4, 0.5) is 10.5 Å². The van der Waals surface area contributed by atoms with Crippen LogP contribution in [0.25, 0.3) is 0 Å². The molecular formula is C12H16Cl2N2O. The topological polar surface area (TPSA) is 32.3 Å². The average molecular weight is 275 g/mol. The summed E-state index contributed by atoms with van der Waals surface area (Å²) in [5.41, 5.74) is 1.43. The summed E-state index contributed by atoms with van der Waals surface area (Å²) >= 11 is 12.0. The zero-order valence-electron chi connectivity index (χ0n) is 10.2. The number of amides is 2. The van der Waals surface area contributed by atoms with Gasteiger partial charge in [0.2, 0.25) is 0 Å². The molecule has 0 saturated heterocycles. The van der Waals surface area contributed by atoms with E-state index in [1.165, 1.54) is 0 Å². The van der Waals surface area contributed by atoms with E-state index in [1.54, 1.807) is 17.0 Å². The van der Waals surface area contributed by atoms with Gasteiger partial charge in [0.15, 0.2) is 0 Å². The van der Waals surface area contributed by atoms with E-state index in [9.17, 15) is 4.79 Å². The zero-order valence-corrected chi connectivity index (χ0v) is 11.7. The van der Waals surface area contributed by atoms with Crippen LogP contribution in [0.1, 0.15) is 19.4 Å². The van der Waals surface area contributed by atoms with Crippen LogP contribution < -0.4 is 5.32 Å². The van der Waals surface area contributed by atoms with Crippen molar-refractivity contribution in [3.63, 3.8) is 0 Å². The van der Waals surface area contributed by atoms with Crippen LogP contribution in [0.2, 0.25) is 10.0 Å². The zero-order chi connectivity index (χ0) is 13.0. The molecule has 2 amide bonds. The summed E-state index contributed by atoms with van der Waals surface area (Å²) in [7, 11) is 0. The van der Waals surface area contributed by atoms with E-state index in [0.29, 0.717) is 28.8 Å². The molecule has 3 nitrogen and oxygen atoms in total. The maximum Gasteiger partial charge on any atom is 0.321 e. The smallest absolute Gasteiger partial charge is 0.321 e. The average Bonchev–Trinajstić information content (AvgIpc) is 2.27. The van der Waals surface area contributed by atoms with E-state index >= 15 is 0 Å². The Morgan fingerprint density at radius 2 is 1.82 bits per heavy atom. The van der Waals surface area contributed by atoms with Crippen LogP contribution in [0.3, 0.4) is 0 Å². The van der Waals surface area contributed by atoms with Crippen LogP contribution in [-0.2, 0) is 0 Å². The van der Waals surface area contributed by atoms with E-state index in [1.807, 2.05) is 20.8 Å².